The molecule has 0 amide bonds. The quantitative estimate of drug-likeness (QED) is 0.510. The number of hydrogen-bond donors (Lipinski definition) is 1. The van der Waals surface area contributed by atoms with Crippen molar-refractivity contribution < 1.29 is 0 Å². The smallest absolute Gasteiger partial charge is 0.0308 e. The first kappa shape index (κ1) is 11.1. The first-order valence-electron chi connectivity index (χ1n) is 3.94. The molecule has 0 aliphatic carbocycles. The van der Waals surface area contributed by atoms with E-state index in [1.54, 1.807) is 0 Å². The Bertz CT molecular complexity index is 124. The fraction of sp³-hybridized carbons (Fsp3) is 0.778. The Labute approximate surface area is 74.4 Å². The van der Waals surface area contributed by atoms with Crippen molar-refractivity contribution in [1.29, 1.82) is 0 Å². The molecule has 0 aromatic heterocycles. The van der Waals surface area contributed by atoms with Crippen LogP contribution in [0.3, 0.4) is 0 Å². The van der Waals surface area contributed by atoms with Gasteiger partial charge in [0.05, 0.1) is 0 Å². The van der Waals surface area contributed by atoms with Gasteiger partial charge in [-0.25, -0.2) is 0 Å². The van der Waals surface area contributed by atoms with Gasteiger partial charge in [-0.1, -0.05) is 12.2 Å². The lowest BCUT2D eigenvalue weighted by Gasteiger charge is -2.21. The number of thioether (sulfide) groups is 1. The SMILES string of the molecule is C=C(CCCSC)C(C)(C)N. The summed E-state index contributed by atoms with van der Waals surface area (Å²) in [6.07, 6.45) is 4.38. The van der Waals surface area contributed by atoms with Crippen molar-refractivity contribution in [3.05, 3.63) is 12.2 Å². The van der Waals surface area contributed by atoms with E-state index < -0.39 is 0 Å². The summed E-state index contributed by atoms with van der Waals surface area (Å²) in [4.78, 5) is 0. The topological polar surface area (TPSA) is 26.0 Å². The lowest BCUT2D eigenvalue weighted by atomic mass is 9.93. The molecule has 11 heavy (non-hydrogen) atoms. The van der Waals surface area contributed by atoms with Crippen LogP contribution < -0.4 is 5.73 Å². The molecule has 0 unspecified atom stereocenters. The summed E-state index contributed by atoms with van der Waals surface area (Å²) in [6.45, 7) is 7.98. The molecule has 0 aromatic carbocycles. The van der Waals surface area contributed by atoms with Gasteiger partial charge in [-0.2, -0.15) is 11.8 Å². The third-order valence-corrected chi connectivity index (χ3v) is 2.44. The van der Waals surface area contributed by atoms with Crippen LogP contribution in [0.2, 0.25) is 0 Å². The van der Waals surface area contributed by atoms with Gasteiger partial charge in [0, 0.05) is 5.54 Å². The average Bonchev–Trinajstić information content (AvgIpc) is 1.86. The number of rotatable bonds is 5. The van der Waals surface area contributed by atoms with Crippen molar-refractivity contribution in [3.8, 4) is 0 Å². The van der Waals surface area contributed by atoms with Crippen LogP contribution in [0.4, 0.5) is 0 Å². The Morgan fingerprint density at radius 3 is 2.45 bits per heavy atom. The maximum atomic E-state index is 5.85. The maximum absolute atomic E-state index is 5.85. The van der Waals surface area contributed by atoms with E-state index in [1.807, 2.05) is 25.6 Å². The van der Waals surface area contributed by atoms with Gasteiger partial charge in [0.2, 0.25) is 0 Å². The predicted octanol–water partition coefficient (Wildman–Crippen LogP) is 2.42. The minimum absolute atomic E-state index is 0.196. The molecule has 0 saturated heterocycles. The molecule has 2 heteroatoms. The lowest BCUT2D eigenvalue weighted by Crippen LogP contribution is -2.33. The third-order valence-electron chi connectivity index (χ3n) is 1.74. The summed E-state index contributed by atoms with van der Waals surface area (Å²) < 4.78 is 0. The average molecular weight is 173 g/mol. The van der Waals surface area contributed by atoms with Crippen LogP contribution in [-0.2, 0) is 0 Å². The van der Waals surface area contributed by atoms with Gasteiger partial charge in [-0.3, -0.25) is 0 Å². The summed E-state index contributed by atoms with van der Waals surface area (Å²) in [7, 11) is 0. The monoisotopic (exact) mass is 173 g/mol. The van der Waals surface area contributed by atoms with Crippen LogP contribution in [0.15, 0.2) is 12.2 Å². The van der Waals surface area contributed by atoms with Gasteiger partial charge in [-0.05, 0) is 38.7 Å². The van der Waals surface area contributed by atoms with Crippen molar-refractivity contribution in [2.45, 2.75) is 32.2 Å². The molecule has 0 saturated carbocycles. The normalized spacial score (nSPS) is 11.6. The second-order valence-electron chi connectivity index (χ2n) is 3.42. The number of hydrogen-bond acceptors (Lipinski definition) is 2. The van der Waals surface area contributed by atoms with Crippen molar-refractivity contribution in [2.24, 2.45) is 5.73 Å². The van der Waals surface area contributed by atoms with Gasteiger partial charge in [-0.15, -0.1) is 0 Å². The Kier molecular flexibility index (Phi) is 4.86. The molecule has 0 heterocycles. The van der Waals surface area contributed by atoms with Gasteiger partial charge in [0.15, 0.2) is 0 Å². The molecule has 66 valence electrons. The van der Waals surface area contributed by atoms with Crippen molar-refractivity contribution in [1.82, 2.24) is 0 Å². The summed E-state index contributed by atoms with van der Waals surface area (Å²) >= 11 is 1.87. The largest absolute Gasteiger partial charge is 0.322 e. The zero-order valence-electron chi connectivity index (χ0n) is 7.81. The van der Waals surface area contributed by atoms with Crippen LogP contribution >= 0.6 is 11.8 Å². The third kappa shape index (κ3) is 5.33. The Morgan fingerprint density at radius 2 is 2.09 bits per heavy atom. The summed E-state index contributed by atoms with van der Waals surface area (Å²) in [5, 5.41) is 0. The molecule has 0 atom stereocenters. The fourth-order valence-electron chi connectivity index (χ4n) is 0.752. The molecular formula is C9H19NS. The second kappa shape index (κ2) is 4.83. The standard InChI is InChI=1S/C9H19NS/c1-8(9(2,3)10)6-5-7-11-4/h1,5-7,10H2,2-4H3. The van der Waals surface area contributed by atoms with Crippen LogP contribution in [0.1, 0.15) is 26.7 Å². The van der Waals surface area contributed by atoms with Crippen molar-refractivity contribution >= 4 is 11.8 Å². The molecule has 0 fully saturated rings. The van der Waals surface area contributed by atoms with Gasteiger partial charge in [0.1, 0.15) is 0 Å². The molecular weight excluding hydrogens is 154 g/mol. The molecule has 0 spiro atoms. The maximum Gasteiger partial charge on any atom is 0.0308 e. The van der Waals surface area contributed by atoms with Gasteiger partial charge >= 0.3 is 0 Å². The molecule has 0 rings (SSSR count). The van der Waals surface area contributed by atoms with Gasteiger partial charge < -0.3 is 5.73 Å². The molecule has 0 bridgehead atoms. The van der Waals surface area contributed by atoms with Crippen molar-refractivity contribution in [2.75, 3.05) is 12.0 Å². The highest BCUT2D eigenvalue weighted by molar-refractivity contribution is 7.98. The van der Waals surface area contributed by atoms with E-state index in [0.717, 1.165) is 12.0 Å². The van der Waals surface area contributed by atoms with Gasteiger partial charge in [0.25, 0.3) is 0 Å². The van der Waals surface area contributed by atoms with Crippen LogP contribution in [-0.4, -0.2) is 17.5 Å². The van der Waals surface area contributed by atoms with E-state index in [4.69, 9.17) is 5.73 Å². The molecule has 0 aliphatic rings. The first-order chi connectivity index (χ1) is 4.98. The van der Waals surface area contributed by atoms with E-state index in [2.05, 4.69) is 12.8 Å². The predicted molar refractivity (Wildman–Crippen MR) is 55.0 cm³/mol. The second-order valence-corrected chi connectivity index (χ2v) is 4.41. The van der Waals surface area contributed by atoms with Crippen LogP contribution in [0.25, 0.3) is 0 Å². The fourth-order valence-corrected chi connectivity index (χ4v) is 1.19. The summed E-state index contributed by atoms with van der Waals surface area (Å²) in [5.74, 6) is 1.20. The van der Waals surface area contributed by atoms with E-state index in [1.165, 1.54) is 12.2 Å². The summed E-state index contributed by atoms with van der Waals surface area (Å²) in [5.41, 5.74) is 6.82. The lowest BCUT2D eigenvalue weighted by molar-refractivity contribution is 0.582. The Hall–Kier alpha value is 0.0500. The minimum Gasteiger partial charge on any atom is -0.322 e. The van der Waals surface area contributed by atoms with E-state index in [-0.39, 0.29) is 5.54 Å². The first-order valence-corrected chi connectivity index (χ1v) is 5.34. The highest BCUT2D eigenvalue weighted by Crippen LogP contribution is 2.16. The van der Waals surface area contributed by atoms with E-state index >= 15 is 0 Å². The molecule has 0 aliphatic heterocycles. The highest BCUT2D eigenvalue weighted by atomic mass is 32.2. The van der Waals surface area contributed by atoms with Crippen LogP contribution in [0, 0.1) is 0 Å². The minimum atomic E-state index is -0.196. The number of nitrogens with two attached hydrogens (primary N) is 1. The zero-order chi connectivity index (χ0) is 8.91. The summed E-state index contributed by atoms with van der Waals surface area (Å²) in [6, 6.07) is 0. The Morgan fingerprint density at radius 1 is 1.55 bits per heavy atom. The van der Waals surface area contributed by atoms with Crippen LogP contribution in [0.5, 0.6) is 0 Å². The highest BCUT2D eigenvalue weighted by Gasteiger charge is 2.13. The van der Waals surface area contributed by atoms with E-state index in [9.17, 15) is 0 Å². The molecule has 2 N–H and O–H groups in total. The Balaban J connectivity index is 3.54. The van der Waals surface area contributed by atoms with Crippen molar-refractivity contribution in [3.63, 3.8) is 0 Å². The molecule has 1 nitrogen and oxygen atoms in total. The molecule has 0 radical (unpaired) electrons. The molecule has 0 aromatic rings. The zero-order valence-corrected chi connectivity index (χ0v) is 8.63. The van der Waals surface area contributed by atoms with E-state index in [0.29, 0.717) is 0 Å².